The lowest BCUT2D eigenvalue weighted by atomic mass is 9.96. The van der Waals surface area contributed by atoms with Crippen LogP contribution in [-0.2, 0) is 4.74 Å². The Morgan fingerprint density at radius 3 is 2.30 bits per heavy atom. The topological polar surface area (TPSA) is 32.8 Å². The average Bonchev–Trinajstić information content (AvgIpc) is 2.73. The highest BCUT2D eigenvalue weighted by atomic mass is 16.6. The van der Waals surface area contributed by atoms with Crippen molar-refractivity contribution in [1.29, 1.82) is 0 Å². The maximum Gasteiger partial charge on any atom is 0.410 e. The second kappa shape index (κ2) is 6.33. The number of likely N-dealkylation sites (tertiary alicyclic amines) is 2. The highest BCUT2D eigenvalue weighted by Gasteiger charge is 2.28. The second-order valence-corrected chi connectivity index (χ2v) is 7.56. The molecule has 2 aliphatic rings. The molecular formula is C16H30N2O2. The molecule has 2 heterocycles. The van der Waals surface area contributed by atoms with Crippen LogP contribution < -0.4 is 0 Å². The van der Waals surface area contributed by atoms with Crippen LogP contribution in [0.1, 0.15) is 47.0 Å². The van der Waals surface area contributed by atoms with Crippen molar-refractivity contribution in [1.82, 2.24) is 9.80 Å². The van der Waals surface area contributed by atoms with Gasteiger partial charge in [-0.2, -0.15) is 0 Å². The summed E-state index contributed by atoms with van der Waals surface area (Å²) in [7, 11) is 0. The Morgan fingerprint density at radius 1 is 1.15 bits per heavy atom. The zero-order valence-corrected chi connectivity index (χ0v) is 13.5. The van der Waals surface area contributed by atoms with Gasteiger partial charge in [0.15, 0.2) is 0 Å². The lowest BCUT2D eigenvalue weighted by Gasteiger charge is -2.34. The van der Waals surface area contributed by atoms with E-state index in [0.717, 1.165) is 37.8 Å². The number of rotatable bonds is 2. The van der Waals surface area contributed by atoms with Gasteiger partial charge in [-0.3, -0.25) is 0 Å². The van der Waals surface area contributed by atoms with Crippen LogP contribution in [0.4, 0.5) is 4.79 Å². The summed E-state index contributed by atoms with van der Waals surface area (Å²) in [5.74, 6) is 1.61. The van der Waals surface area contributed by atoms with E-state index in [0.29, 0.717) is 0 Å². The van der Waals surface area contributed by atoms with Gasteiger partial charge in [-0.15, -0.1) is 0 Å². The van der Waals surface area contributed by atoms with E-state index in [9.17, 15) is 4.79 Å². The monoisotopic (exact) mass is 282 g/mol. The van der Waals surface area contributed by atoms with Crippen LogP contribution >= 0.6 is 0 Å². The third-order valence-corrected chi connectivity index (χ3v) is 4.29. The SMILES string of the molecule is C[C@@H]1CCN(CC2CCN(C(=O)OC(C)(C)C)CC2)C1. The minimum absolute atomic E-state index is 0.147. The Labute approximate surface area is 123 Å². The highest BCUT2D eigenvalue weighted by Crippen LogP contribution is 2.23. The number of carbonyl (C=O) groups excluding carboxylic acids is 1. The van der Waals surface area contributed by atoms with Gasteiger partial charge in [-0.1, -0.05) is 6.92 Å². The van der Waals surface area contributed by atoms with Crippen LogP contribution in [-0.4, -0.2) is 54.2 Å². The minimum Gasteiger partial charge on any atom is -0.444 e. The lowest BCUT2D eigenvalue weighted by molar-refractivity contribution is 0.0172. The van der Waals surface area contributed by atoms with Crippen LogP contribution in [0.3, 0.4) is 0 Å². The van der Waals surface area contributed by atoms with Gasteiger partial charge in [-0.05, 0) is 58.4 Å². The molecule has 2 aliphatic heterocycles. The molecule has 20 heavy (non-hydrogen) atoms. The van der Waals surface area contributed by atoms with Crippen LogP contribution in [0, 0.1) is 11.8 Å². The normalized spacial score (nSPS) is 26.0. The molecule has 0 aromatic heterocycles. The Morgan fingerprint density at radius 2 is 1.80 bits per heavy atom. The van der Waals surface area contributed by atoms with E-state index in [-0.39, 0.29) is 11.7 Å². The molecule has 0 N–H and O–H groups in total. The van der Waals surface area contributed by atoms with Crippen molar-refractivity contribution in [2.24, 2.45) is 11.8 Å². The molecule has 0 bridgehead atoms. The predicted octanol–water partition coefficient (Wildman–Crippen LogP) is 2.98. The number of hydrogen-bond acceptors (Lipinski definition) is 3. The molecule has 0 aromatic rings. The number of piperidine rings is 1. The summed E-state index contributed by atoms with van der Waals surface area (Å²) in [5, 5.41) is 0. The van der Waals surface area contributed by atoms with Gasteiger partial charge in [0.05, 0.1) is 0 Å². The summed E-state index contributed by atoms with van der Waals surface area (Å²) in [4.78, 5) is 16.5. The van der Waals surface area contributed by atoms with E-state index in [1.807, 2.05) is 25.7 Å². The first-order chi connectivity index (χ1) is 9.33. The quantitative estimate of drug-likeness (QED) is 0.780. The molecule has 1 amide bonds. The summed E-state index contributed by atoms with van der Waals surface area (Å²) >= 11 is 0. The number of amides is 1. The fourth-order valence-corrected chi connectivity index (χ4v) is 3.18. The summed E-state index contributed by atoms with van der Waals surface area (Å²) in [6.45, 7) is 13.5. The Kier molecular flexibility index (Phi) is 4.95. The van der Waals surface area contributed by atoms with E-state index in [4.69, 9.17) is 4.74 Å². The molecule has 0 unspecified atom stereocenters. The second-order valence-electron chi connectivity index (χ2n) is 7.56. The molecule has 0 aromatic carbocycles. The first-order valence-electron chi connectivity index (χ1n) is 8.04. The van der Waals surface area contributed by atoms with Crippen LogP contribution in [0.25, 0.3) is 0 Å². The molecule has 2 fully saturated rings. The highest BCUT2D eigenvalue weighted by molar-refractivity contribution is 5.68. The van der Waals surface area contributed by atoms with E-state index in [2.05, 4.69) is 11.8 Å². The molecule has 2 rings (SSSR count). The largest absolute Gasteiger partial charge is 0.444 e. The summed E-state index contributed by atoms with van der Waals surface area (Å²) in [6.07, 6.45) is 3.43. The Balaban J connectivity index is 1.71. The van der Waals surface area contributed by atoms with Gasteiger partial charge in [-0.25, -0.2) is 4.79 Å². The number of nitrogens with zero attached hydrogens (tertiary/aromatic N) is 2. The maximum absolute atomic E-state index is 12.0. The third kappa shape index (κ3) is 4.65. The lowest BCUT2D eigenvalue weighted by Crippen LogP contribution is -2.43. The van der Waals surface area contributed by atoms with Crippen LogP contribution in [0.15, 0.2) is 0 Å². The molecule has 4 heteroatoms. The molecule has 0 saturated carbocycles. The van der Waals surface area contributed by atoms with Crippen molar-refractivity contribution in [2.75, 3.05) is 32.7 Å². The standard InChI is InChI=1S/C16H30N2O2/c1-13-5-8-17(11-13)12-14-6-9-18(10-7-14)15(19)20-16(2,3)4/h13-14H,5-12H2,1-4H3/t13-/m1/s1. The van der Waals surface area contributed by atoms with Crippen LogP contribution in [0.2, 0.25) is 0 Å². The molecule has 2 saturated heterocycles. The summed E-state index contributed by atoms with van der Waals surface area (Å²) in [6, 6.07) is 0. The van der Waals surface area contributed by atoms with Gasteiger partial charge in [0.2, 0.25) is 0 Å². The van der Waals surface area contributed by atoms with Crippen molar-refractivity contribution in [3.63, 3.8) is 0 Å². The van der Waals surface area contributed by atoms with E-state index >= 15 is 0 Å². The van der Waals surface area contributed by atoms with Crippen molar-refractivity contribution in [3.05, 3.63) is 0 Å². The zero-order chi connectivity index (χ0) is 14.8. The first kappa shape index (κ1) is 15.6. The van der Waals surface area contributed by atoms with Crippen molar-refractivity contribution in [3.8, 4) is 0 Å². The van der Waals surface area contributed by atoms with Crippen molar-refractivity contribution >= 4 is 6.09 Å². The fraction of sp³-hybridized carbons (Fsp3) is 0.938. The maximum atomic E-state index is 12.0. The first-order valence-corrected chi connectivity index (χ1v) is 8.04. The Hall–Kier alpha value is -0.770. The number of ether oxygens (including phenoxy) is 1. The minimum atomic E-state index is -0.389. The van der Waals surface area contributed by atoms with E-state index in [1.165, 1.54) is 26.1 Å². The van der Waals surface area contributed by atoms with Gasteiger partial charge < -0.3 is 14.5 Å². The predicted molar refractivity (Wildman–Crippen MR) is 80.8 cm³/mol. The van der Waals surface area contributed by atoms with Gasteiger partial charge >= 0.3 is 6.09 Å². The summed E-state index contributed by atoms with van der Waals surface area (Å²) in [5.41, 5.74) is -0.389. The molecule has 0 radical (unpaired) electrons. The molecule has 1 atom stereocenters. The Bertz CT molecular complexity index is 330. The average molecular weight is 282 g/mol. The molecule has 0 spiro atoms. The molecule has 116 valence electrons. The molecule has 4 nitrogen and oxygen atoms in total. The van der Waals surface area contributed by atoms with Crippen LogP contribution in [0.5, 0.6) is 0 Å². The van der Waals surface area contributed by atoms with Crippen molar-refractivity contribution in [2.45, 2.75) is 52.6 Å². The zero-order valence-electron chi connectivity index (χ0n) is 13.5. The molecular weight excluding hydrogens is 252 g/mol. The smallest absolute Gasteiger partial charge is 0.410 e. The van der Waals surface area contributed by atoms with Gasteiger partial charge in [0.25, 0.3) is 0 Å². The van der Waals surface area contributed by atoms with Crippen molar-refractivity contribution < 1.29 is 9.53 Å². The van der Waals surface area contributed by atoms with E-state index in [1.54, 1.807) is 0 Å². The third-order valence-electron chi connectivity index (χ3n) is 4.29. The fourth-order valence-electron chi connectivity index (χ4n) is 3.18. The van der Waals surface area contributed by atoms with E-state index < -0.39 is 0 Å². The molecule has 0 aliphatic carbocycles. The summed E-state index contributed by atoms with van der Waals surface area (Å²) < 4.78 is 5.44. The number of carbonyl (C=O) groups is 1. The van der Waals surface area contributed by atoms with Gasteiger partial charge in [0.1, 0.15) is 5.60 Å². The number of hydrogen-bond donors (Lipinski definition) is 0. The van der Waals surface area contributed by atoms with Gasteiger partial charge in [0, 0.05) is 26.2 Å².